The van der Waals surface area contributed by atoms with Gasteiger partial charge in [-0.15, -0.1) is 0 Å². The van der Waals surface area contributed by atoms with Crippen molar-refractivity contribution in [2.45, 2.75) is 50.7 Å². The van der Waals surface area contributed by atoms with E-state index in [9.17, 15) is 29.4 Å². The topological polar surface area (TPSA) is 209 Å². The molecule has 0 radical (unpaired) electrons. The standard InChI is InChI=1S/C23H27N3O9/c1-12-8-18(27)19(35-23(34)15(24)2-3-20(28)29)11-14(12)10-17(22(32)33)26-7-5-13-4-6-25-16(9-13)21(30)31/h4-8,11,15-17,26-27H,2-3,9-10,24H2,1H3,(H,28,29)(H,30,31)(H,32,33)/t15-,16?,17-/m0/s1. The summed E-state index contributed by atoms with van der Waals surface area (Å²) in [5.74, 6) is -4.87. The first-order valence-corrected chi connectivity index (χ1v) is 10.6. The lowest BCUT2D eigenvalue weighted by Crippen LogP contribution is -2.36. The number of phenolic OH excluding ortho intramolecular Hbond substituents is 1. The van der Waals surface area contributed by atoms with Crippen molar-refractivity contribution in [3.63, 3.8) is 0 Å². The highest BCUT2D eigenvalue weighted by Gasteiger charge is 2.23. The molecule has 12 nitrogen and oxygen atoms in total. The Labute approximate surface area is 200 Å². The summed E-state index contributed by atoms with van der Waals surface area (Å²) < 4.78 is 5.11. The first-order valence-electron chi connectivity index (χ1n) is 10.6. The number of nitrogens with zero attached hydrogens (tertiary/aromatic N) is 1. The summed E-state index contributed by atoms with van der Waals surface area (Å²) in [7, 11) is 0. The molecule has 0 aromatic heterocycles. The number of nitrogens with two attached hydrogens (primary N) is 1. The molecule has 2 rings (SSSR count). The van der Waals surface area contributed by atoms with Crippen molar-refractivity contribution in [3.8, 4) is 11.5 Å². The van der Waals surface area contributed by atoms with E-state index >= 15 is 0 Å². The van der Waals surface area contributed by atoms with Crippen LogP contribution in [0.5, 0.6) is 11.5 Å². The zero-order valence-corrected chi connectivity index (χ0v) is 18.9. The smallest absolute Gasteiger partial charge is 0.328 e. The monoisotopic (exact) mass is 489 g/mol. The first-order chi connectivity index (χ1) is 16.5. The number of carbonyl (C=O) groups is 4. The maximum Gasteiger partial charge on any atom is 0.328 e. The van der Waals surface area contributed by atoms with E-state index in [1.807, 2.05) is 0 Å². The van der Waals surface area contributed by atoms with Gasteiger partial charge in [0.1, 0.15) is 12.1 Å². The Hall–Kier alpha value is -4.19. The third-order valence-electron chi connectivity index (χ3n) is 5.19. The third kappa shape index (κ3) is 8.27. The van der Waals surface area contributed by atoms with Gasteiger partial charge >= 0.3 is 23.9 Å². The number of rotatable bonds is 12. The van der Waals surface area contributed by atoms with Crippen molar-refractivity contribution >= 4 is 30.1 Å². The molecule has 35 heavy (non-hydrogen) atoms. The van der Waals surface area contributed by atoms with Crippen molar-refractivity contribution in [1.82, 2.24) is 5.32 Å². The van der Waals surface area contributed by atoms with Crippen LogP contribution in [0.2, 0.25) is 0 Å². The maximum absolute atomic E-state index is 12.1. The number of carbonyl (C=O) groups excluding carboxylic acids is 1. The highest BCUT2D eigenvalue weighted by atomic mass is 16.5. The van der Waals surface area contributed by atoms with Crippen molar-refractivity contribution in [2.75, 3.05) is 0 Å². The predicted octanol–water partition coefficient (Wildman–Crippen LogP) is 0.751. The van der Waals surface area contributed by atoms with E-state index < -0.39 is 42.0 Å². The molecule has 1 aliphatic heterocycles. The van der Waals surface area contributed by atoms with Gasteiger partial charge in [0.2, 0.25) is 0 Å². The van der Waals surface area contributed by atoms with Crippen molar-refractivity contribution in [2.24, 2.45) is 10.7 Å². The molecule has 1 heterocycles. The molecular weight excluding hydrogens is 462 g/mol. The second-order valence-electron chi connectivity index (χ2n) is 7.90. The highest BCUT2D eigenvalue weighted by molar-refractivity contribution is 5.82. The van der Waals surface area contributed by atoms with Gasteiger partial charge in [-0.05, 0) is 60.5 Å². The molecule has 0 aliphatic carbocycles. The number of esters is 1. The minimum Gasteiger partial charge on any atom is -0.504 e. The fourth-order valence-electron chi connectivity index (χ4n) is 3.17. The fraction of sp³-hybridized carbons (Fsp3) is 0.348. The van der Waals surface area contributed by atoms with Crippen LogP contribution < -0.4 is 15.8 Å². The van der Waals surface area contributed by atoms with Crippen LogP contribution in [0.3, 0.4) is 0 Å². The van der Waals surface area contributed by atoms with E-state index in [4.69, 9.17) is 20.7 Å². The van der Waals surface area contributed by atoms with Crippen LogP contribution in [-0.2, 0) is 25.6 Å². The number of nitrogens with one attached hydrogen (secondary N) is 1. The minimum absolute atomic E-state index is 0.0420. The number of hydrogen-bond acceptors (Lipinski definition) is 9. The van der Waals surface area contributed by atoms with Gasteiger partial charge in [-0.3, -0.25) is 9.79 Å². The molecule has 1 aromatic rings. The molecule has 12 heteroatoms. The number of dihydropyridines is 1. The SMILES string of the molecule is Cc1cc(O)c(OC(=O)[C@@H](N)CCC(=O)O)cc1C[C@H](NC=CC1=CC=NC(C(=O)O)C1)C(=O)O. The van der Waals surface area contributed by atoms with Gasteiger partial charge in [-0.2, -0.15) is 0 Å². The number of aromatic hydroxyl groups is 1. The van der Waals surface area contributed by atoms with E-state index in [0.717, 1.165) is 0 Å². The second-order valence-corrected chi connectivity index (χ2v) is 7.90. The summed E-state index contributed by atoms with van der Waals surface area (Å²) >= 11 is 0. The molecule has 1 aliphatic rings. The Morgan fingerprint density at radius 2 is 1.97 bits per heavy atom. The number of ether oxygens (including phenoxy) is 1. The van der Waals surface area contributed by atoms with Crippen LogP contribution in [0.4, 0.5) is 0 Å². The largest absolute Gasteiger partial charge is 0.504 e. The Morgan fingerprint density at radius 1 is 1.26 bits per heavy atom. The van der Waals surface area contributed by atoms with Crippen LogP contribution in [0.25, 0.3) is 0 Å². The molecule has 0 bridgehead atoms. The normalized spacial score (nSPS) is 16.9. The second kappa shape index (κ2) is 12.3. The molecule has 0 saturated heterocycles. The zero-order valence-electron chi connectivity index (χ0n) is 18.9. The predicted molar refractivity (Wildman–Crippen MR) is 123 cm³/mol. The van der Waals surface area contributed by atoms with Crippen molar-refractivity contribution < 1.29 is 44.3 Å². The zero-order chi connectivity index (χ0) is 26.1. The fourth-order valence-corrected chi connectivity index (χ4v) is 3.17. The maximum atomic E-state index is 12.1. The number of allylic oxidation sites excluding steroid dienone is 2. The number of benzene rings is 1. The lowest BCUT2D eigenvalue weighted by atomic mass is 10.00. The number of aliphatic carboxylic acids is 3. The molecule has 1 unspecified atom stereocenters. The minimum atomic E-state index is -1.21. The molecular formula is C23H27N3O9. The average Bonchev–Trinajstić information content (AvgIpc) is 2.79. The Kier molecular flexibility index (Phi) is 9.53. The lowest BCUT2D eigenvalue weighted by Gasteiger charge is -2.17. The number of phenols is 1. The number of carboxylic acid groups (broad SMARTS) is 3. The van der Waals surface area contributed by atoms with Gasteiger partial charge in [0.15, 0.2) is 17.5 Å². The third-order valence-corrected chi connectivity index (χ3v) is 5.19. The van der Waals surface area contributed by atoms with Gasteiger partial charge in [0.05, 0.1) is 0 Å². The number of carboxylic acids is 3. The molecule has 188 valence electrons. The van der Waals surface area contributed by atoms with E-state index in [-0.39, 0.29) is 37.2 Å². The van der Waals surface area contributed by atoms with Gasteiger partial charge in [-0.1, -0.05) is 0 Å². The number of aliphatic imine (C=N–C) groups is 1. The summed E-state index contributed by atoms with van der Waals surface area (Å²) in [6.45, 7) is 1.65. The molecule has 7 N–H and O–H groups in total. The summed E-state index contributed by atoms with van der Waals surface area (Å²) in [6.07, 6.45) is 5.61. The molecule has 3 atom stereocenters. The van der Waals surface area contributed by atoms with Crippen molar-refractivity contribution in [1.29, 1.82) is 0 Å². The quantitative estimate of drug-likeness (QED) is 0.178. The number of hydrogen-bond donors (Lipinski definition) is 6. The molecule has 1 aromatic carbocycles. The van der Waals surface area contributed by atoms with Crippen LogP contribution in [0.1, 0.15) is 30.4 Å². The van der Waals surface area contributed by atoms with E-state index in [0.29, 0.717) is 16.7 Å². The molecule has 0 fully saturated rings. The summed E-state index contributed by atoms with van der Waals surface area (Å²) in [6, 6.07) is -0.565. The average molecular weight is 489 g/mol. The summed E-state index contributed by atoms with van der Waals surface area (Å²) in [5, 5.41) is 40.3. The Bertz CT molecular complexity index is 1080. The lowest BCUT2D eigenvalue weighted by molar-refractivity contribution is -0.140. The highest BCUT2D eigenvalue weighted by Crippen LogP contribution is 2.30. The van der Waals surface area contributed by atoms with Crippen LogP contribution in [0, 0.1) is 6.92 Å². The van der Waals surface area contributed by atoms with Gasteiger partial charge in [-0.25, -0.2) is 14.4 Å². The molecule has 0 saturated carbocycles. The van der Waals surface area contributed by atoms with Crippen molar-refractivity contribution in [3.05, 3.63) is 47.2 Å². The molecule has 0 spiro atoms. The van der Waals surface area contributed by atoms with Crippen LogP contribution in [-0.4, -0.2) is 68.6 Å². The first kappa shape index (κ1) is 27.1. The van der Waals surface area contributed by atoms with Crippen LogP contribution >= 0.6 is 0 Å². The van der Waals surface area contributed by atoms with E-state index in [1.165, 1.54) is 24.5 Å². The van der Waals surface area contributed by atoms with Gasteiger partial charge in [0.25, 0.3) is 0 Å². The van der Waals surface area contributed by atoms with Gasteiger partial charge in [0, 0.05) is 25.5 Å². The van der Waals surface area contributed by atoms with E-state index in [1.54, 1.807) is 19.1 Å². The summed E-state index contributed by atoms with van der Waals surface area (Å²) in [5.41, 5.74) is 7.30. The van der Waals surface area contributed by atoms with Crippen LogP contribution in [0.15, 0.2) is 41.1 Å². The number of aryl methyl sites for hydroxylation is 1. The molecule has 0 amide bonds. The Balaban J connectivity index is 2.10. The van der Waals surface area contributed by atoms with E-state index in [2.05, 4.69) is 10.3 Å². The van der Waals surface area contributed by atoms with Gasteiger partial charge < -0.3 is 36.2 Å². The summed E-state index contributed by atoms with van der Waals surface area (Å²) in [4.78, 5) is 49.5. The Morgan fingerprint density at radius 3 is 2.60 bits per heavy atom.